The van der Waals surface area contributed by atoms with Gasteiger partial charge in [0.15, 0.2) is 5.78 Å². The Morgan fingerprint density at radius 3 is 1.97 bits per heavy atom. The number of anilines is 3. The van der Waals surface area contributed by atoms with E-state index >= 15 is 0 Å². The van der Waals surface area contributed by atoms with E-state index in [1.807, 2.05) is 0 Å². The fourth-order valence-corrected chi connectivity index (χ4v) is 6.51. The zero-order chi connectivity index (χ0) is 22.2. The molecule has 3 heterocycles. The number of nitrogens with zero attached hydrogens (tertiary/aromatic N) is 6. The van der Waals surface area contributed by atoms with Crippen molar-refractivity contribution in [1.82, 2.24) is 15.0 Å². The number of aromatic nitrogens is 3. The molecule has 4 atom stereocenters. The first-order valence-corrected chi connectivity index (χ1v) is 12.6. The molecule has 5 fully saturated rings. The highest BCUT2D eigenvalue weighted by Crippen LogP contribution is 2.52. The van der Waals surface area contributed by atoms with Crippen molar-refractivity contribution in [3.63, 3.8) is 0 Å². The average molecular weight is 456 g/mol. The van der Waals surface area contributed by atoms with Crippen LogP contribution in [0.3, 0.4) is 0 Å². The number of Topliss-reactive ketones (excluding diaryl/α,β-unsaturated/α-hetero) is 1. The molecule has 2 saturated heterocycles. The van der Waals surface area contributed by atoms with Gasteiger partial charge in [-0.3, -0.25) is 4.79 Å². The van der Waals surface area contributed by atoms with Crippen LogP contribution in [-0.2, 0) is 14.3 Å². The summed E-state index contributed by atoms with van der Waals surface area (Å²) in [5, 5.41) is 4.67. The van der Waals surface area contributed by atoms with E-state index < -0.39 is 0 Å². The maximum Gasteiger partial charge on any atom is 0.250 e. The molecule has 0 spiro atoms. The SMILES string of the molecule is O=C1/C(=N\Nc2nc(N3CCOCC3)nc(N3CCOCC3)n2)C2CCCC3CCCC1C32. The highest BCUT2D eigenvalue weighted by molar-refractivity contribution is 6.43. The number of hydrazone groups is 1. The Labute approximate surface area is 194 Å². The number of nitrogens with one attached hydrogen (secondary N) is 1. The lowest BCUT2D eigenvalue weighted by molar-refractivity contribution is -0.118. The second-order valence-corrected chi connectivity index (χ2v) is 9.84. The van der Waals surface area contributed by atoms with Gasteiger partial charge in [-0.1, -0.05) is 25.7 Å². The number of ether oxygens (including phenoxy) is 2. The molecule has 1 aromatic rings. The van der Waals surface area contributed by atoms with Gasteiger partial charge in [0.05, 0.1) is 26.4 Å². The molecular weight excluding hydrogens is 422 g/mol. The van der Waals surface area contributed by atoms with E-state index in [4.69, 9.17) is 14.5 Å². The van der Waals surface area contributed by atoms with Crippen LogP contribution < -0.4 is 15.2 Å². The zero-order valence-electron chi connectivity index (χ0n) is 19.1. The van der Waals surface area contributed by atoms with Gasteiger partial charge in [-0.2, -0.15) is 20.1 Å². The number of hydrogen-bond donors (Lipinski definition) is 1. The maximum absolute atomic E-state index is 13.3. The van der Waals surface area contributed by atoms with E-state index in [0.29, 0.717) is 56.1 Å². The van der Waals surface area contributed by atoms with Crippen LogP contribution in [0.5, 0.6) is 0 Å². The van der Waals surface area contributed by atoms with Gasteiger partial charge in [0.1, 0.15) is 5.71 Å². The van der Waals surface area contributed by atoms with E-state index in [2.05, 4.69) is 30.3 Å². The lowest BCUT2D eigenvalue weighted by Gasteiger charge is -2.39. The van der Waals surface area contributed by atoms with Crippen molar-refractivity contribution >= 4 is 29.3 Å². The summed E-state index contributed by atoms with van der Waals surface area (Å²) in [6, 6.07) is 0. The summed E-state index contributed by atoms with van der Waals surface area (Å²) in [5.74, 6) is 3.54. The van der Waals surface area contributed by atoms with Crippen molar-refractivity contribution in [2.45, 2.75) is 38.5 Å². The molecule has 4 unspecified atom stereocenters. The predicted octanol–water partition coefficient (Wildman–Crippen LogP) is 1.73. The molecule has 3 aliphatic carbocycles. The van der Waals surface area contributed by atoms with Crippen molar-refractivity contribution < 1.29 is 14.3 Å². The van der Waals surface area contributed by atoms with Crippen molar-refractivity contribution in [2.24, 2.45) is 28.8 Å². The second kappa shape index (κ2) is 9.13. The average Bonchev–Trinajstić information content (AvgIpc) is 3.16. The van der Waals surface area contributed by atoms with Crippen LogP contribution in [0.25, 0.3) is 0 Å². The Bertz CT molecular complexity index is 875. The fourth-order valence-electron chi connectivity index (χ4n) is 6.51. The van der Waals surface area contributed by atoms with Crippen molar-refractivity contribution in [3.8, 4) is 0 Å². The van der Waals surface area contributed by atoms with Gasteiger partial charge in [0.25, 0.3) is 0 Å². The predicted molar refractivity (Wildman–Crippen MR) is 124 cm³/mol. The Morgan fingerprint density at radius 1 is 0.788 bits per heavy atom. The van der Waals surface area contributed by atoms with Gasteiger partial charge < -0.3 is 19.3 Å². The quantitative estimate of drug-likeness (QED) is 0.680. The third kappa shape index (κ3) is 4.07. The minimum atomic E-state index is 0.167. The minimum absolute atomic E-state index is 0.167. The van der Waals surface area contributed by atoms with Crippen molar-refractivity contribution in [3.05, 3.63) is 0 Å². The standard InChI is InChI=1S/C23H33N7O3/c31-20-17-6-2-4-15-3-1-5-16(18(15)17)19(20)27-28-21-24-22(29-7-11-32-12-8-29)26-23(25-21)30-9-13-33-14-10-30/h15-18H,1-14H2,(H,24,25,26,28)/b27-19-. The lowest BCUT2D eigenvalue weighted by atomic mass is 9.65. The molecule has 5 aliphatic rings. The first kappa shape index (κ1) is 21.2. The molecule has 1 N–H and O–H groups in total. The third-order valence-electron chi connectivity index (χ3n) is 8.07. The summed E-state index contributed by atoms with van der Waals surface area (Å²) in [7, 11) is 0. The van der Waals surface area contributed by atoms with E-state index in [9.17, 15) is 4.79 Å². The molecule has 178 valence electrons. The molecule has 10 nitrogen and oxygen atoms in total. The van der Waals surface area contributed by atoms with Gasteiger partial charge in [0, 0.05) is 38.0 Å². The van der Waals surface area contributed by atoms with E-state index in [0.717, 1.165) is 44.7 Å². The largest absolute Gasteiger partial charge is 0.378 e. The van der Waals surface area contributed by atoms with Crippen LogP contribution in [0.1, 0.15) is 38.5 Å². The van der Waals surface area contributed by atoms with E-state index in [1.54, 1.807) is 0 Å². The Morgan fingerprint density at radius 2 is 1.36 bits per heavy atom. The molecule has 0 bridgehead atoms. The zero-order valence-corrected chi connectivity index (χ0v) is 19.1. The summed E-state index contributed by atoms with van der Waals surface area (Å²) < 4.78 is 11.0. The summed E-state index contributed by atoms with van der Waals surface area (Å²) >= 11 is 0. The molecule has 2 aliphatic heterocycles. The van der Waals surface area contributed by atoms with Crippen LogP contribution in [0.2, 0.25) is 0 Å². The summed E-state index contributed by atoms with van der Waals surface area (Å²) in [5.41, 5.74) is 3.80. The number of carbonyl (C=O) groups is 1. The number of morpholine rings is 2. The Kier molecular flexibility index (Phi) is 5.87. The highest BCUT2D eigenvalue weighted by Gasteiger charge is 2.53. The topological polar surface area (TPSA) is 105 Å². The Balaban J connectivity index is 1.28. The number of ketones is 1. The molecule has 10 heteroatoms. The van der Waals surface area contributed by atoms with Crippen LogP contribution in [-0.4, -0.2) is 79.1 Å². The Hall–Kier alpha value is -2.33. The third-order valence-corrected chi connectivity index (χ3v) is 8.07. The van der Waals surface area contributed by atoms with Gasteiger partial charge >= 0.3 is 0 Å². The minimum Gasteiger partial charge on any atom is -0.378 e. The molecular formula is C23H33N7O3. The molecule has 6 rings (SSSR count). The fraction of sp³-hybridized carbons (Fsp3) is 0.783. The smallest absolute Gasteiger partial charge is 0.250 e. The number of rotatable bonds is 4. The summed E-state index contributed by atoms with van der Waals surface area (Å²) in [4.78, 5) is 31.6. The number of carbonyl (C=O) groups excluding carboxylic acids is 1. The normalized spacial score (nSPS) is 33.3. The van der Waals surface area contributed by atoms with Gasteiger partial charge in [-0.15, -0.1) is 0 Å². The maximum atomic E-state index is 13.3. The first-order chi connectivity index (χ1) is 16.3. The van der Waals surface area contributed by atoms with E-state index in [1.165, 1.54) is 25.7 Å². The van der Waals surface area contributed by atoms with E-state index in [-0.39, 0.29) is 17.6 Å². The van der Waals surface area contributed by atoms with Gasteiger partial charge in [-0.05, 0) is 24.7 Å². The summed E-state index contributed by atoms with van der Waals surface area (Å²) in [6.45, 7) is 5.59. The lowest BCUT2D eigenvalue weighted by Crippen LogP contribution is -2.40. The van der Waals surface area contributed by atoms with Crippen LogP contribution in [0.15, 0.2) is 5.10 Å². The van der Waals surface area contributed by atoms with Crippen molar-refractivity contribution in [2.75, 3.05) is 67.8 Å². The molecule has 0 amide bonds. The first-order valence-electron chi connectivity index (χ1n) is 12.6. The monoisotopic (exact) mass is 455 g/mol. The molecule has 0 aromatic carbocycles. The van der Waals surface area contributed by atoms with Crippen molar-refractivity contribution in [1.29, 1.82) is 0 Å². The van der Waals surface area contributed by atoms with Crippen LogP contribution in [0, 0.1) is 23.7 Å². The second-order valence-electron chi connectivity index (χ2n) is 9.84. The molecule has 0 radical (unpaired) electrons. The van der Waals surface area contributed by atoms with Gasteiger partial charge in [0.2, 0.25) is 17.8 Å². The van der Waals surface area contributed by atoms with Gasteiger partial charge in [-0.25, -0.2) is 5.43 Å². The molecule has 33 heavy (non-hydrogen) atoms. The molecule has 1 aromatic heterocycles. The summed E-state index contributed by atoms with van der Waals surface area (Å²) in [6.07, 6.45) is 6.99. The molecule has 3 saturated carbocycles. The van der Waals surface area contributed by atoms with Crippen LogP contribution >= 0.6 is 0 Å². The van der Waals surface area contributed by atoms with Crippen LogP contribution in [0.4, 0.5) is 17.8 Å². The highest BCUT2D eigenvalue weighted by atomic mass is 16.5. The number of hydrogen-bond acceptors (Lipinski definition) is 10.